The smallest absolute Gasteiger partial charge is 0.274 e. The molecule has 26 heavy (non-hydrogen) atoms. The second kappa shape index (κ2) is 7.08. The van der Waals surface area contributed by atoms with Gasteiger partial charge in [0, 0.05) is 31.2 Å². The van der Waals surface area contributed by atoms with Crippen molar-refractivity contribution in [3.63, 3.8) is 0 Å². The van der Waals surface area contributed by atoms with E-state index in [-0.39, 0.29) is 23.4 Å². The van der Waals surface area contributed by atoms with Crippen LogP contribution in [0.15, 0.2) is 42.9 Å². The number of aromatic nitrogens is 2. The van der Waals surface area contributed by atoms with Gasteiger partial charge >= 0.3 is 0 Å². The van der Waals surface area contributed by atoms with Crippen LogP contribution in [-0.2, 0) is 14.8 Å². The van der Waals surface area contributed by atoms with Gasteiger partial charge in [-0.05, 0) is 18.2 Å². The van der Waals surface area contributed by atoms with Gasteiger partial charge in [-0.3, -0.25) is 19.3 Å². The van der Waals surface area contributed by atoms with Gasteiger partial charge in [0.1, 0.15) is 5.69 Å². The van der Waals surface area contributed by atoms with Crippen molar-refractivity contribution in [3.8, 4) is 0 Å². The zero-order chi connectivity index (χ0) is 18.7. The molecule has 0 saturated carbocycles. The Morgan fingerprint density at radius 2 is 1.92 bits per heavy atom. The number of carbonyl (C=O) groups excluding carboxylic acids is 2. The molecule has 0 unspecified atom stereocenters. The monoisotopic (exact) mass is 375 g/mol. The molecular formula is C16H17N5O4S. The molecule has 2 aromatic rings. The van der Waals surface area contributed by atoms with Crippen LogP contribution in [0, 0.1) is 5.92 Å². The molecule has 1 saturated heterocycles. The highest BCUT2D eigenvalue weighted by Crippen LogP contribution is 2.21. The number of nitrogens with zero attached hydrogens (tertiary/aromatic N) is 3. The minimum absolute atomic E-state index is 0.232. The van der Waals surface area contributed by atoms with Crippen LogP contribution in [0.4, 0.5) is 11.4 Å². The molecular weight excluding hydrogens is 358 g/mol. The lowest BCUT2D eigenvalue weighted by atomic mass is 9.98. The zero-order valence-corrected chi connectivity index (χ0v) is 14.7. The first-order chi connectivity index (χ1) is 12.3. The third-order valence-electron chi connectivity index (χ3n) is 3.76. The molecule has 1 aliphatic heterocycles. The van der Waals surface area contributed by atoms with E-state index < -0.39 is 10.0 Å². The van der Waals surface area contributed by atoms with Crippen LogP contribution in [0.5, 0.6) is 0 Å². The molecule has 1 aliphatic rings. The number of amides is 2. The van der Waals surface area contributed by atoms with Gasteiger partial charge in [0.25, 0.3) is 5.91 Å². The molecule has 136 valence electrons. The Bertz CT molecular complexity index is 927. The number of rotatable bonds is 5. The van der Waals surface area contributed by atoms with Crippen LogP contribution in [0.25, 0.3) is 0 Å². The number of benzene rings is 1. The maximum Gasteiger partial charge on any atom is 0.274 e. The van der Waals surface area contributed by atoms with E-state index in [1.165, 1.54) is 29.6 Å². The summed E-state index contributed by atoms with van der Waals surface area (Å²) >= 11 is 0. The summed E-state index contributed by atoms with van der Waals surface area (Å²) in [5, 5.41) is 2.73. The zero-order valence-electron chi connectivity index (χ0n) is 13.9. The number of hydrogen-bond acceptors (Lipinski definition) is 6. The topological polar surface area (TPSA) is 121 Å². The maximum absolute atomic E-state index is 12.3. The second-order valence-electron chi connectivity index (χ2n) is 5.94. The molecule has 0 atom stereocenters. The molecule has 1 fully saturated rings. The molecule has 0 radical (unpaired) electrons. The second-order valence-corrected chi connectivity index (χ2v) is 7.69. The number of sulfonamides is 1. The maximum atomic E-state index is 12.3. The van der Waals surface area contributed by atoms with Gasteiger partial charge in [0.05, 0.1) is 24.1 Å². The molecule has 0 bridgehead atoms. The van der Waals surface area contributed by atoms with Crippen molar-refractivity contribution in [2.75, 3.05) is 29.4 Å². The predicted molar refractivity (Wildman–Crippen MR) is 95.0 cm³/mol. The van der Waals surface area contributed by atoms with Gasteiger partial charge in [-0.2, -0.15) is 0 Å². The third-order valence-corrected chi connectivity index (χ3v) is 4.36. The minimum atomic E-state index is -3.39. The SMILES string of the molecule is CS(=O)(=O)Nc1cccc(NC(=O)C2CN(C(=O)c3cnccn3)C2)c1. The van der Waals surface area contributed by atoms with Crippen molar-refractivity contribution in [1.29, 1.82) is 0 Å². The van der Waals surface area contributed by atoms with Crippen LogP contribution in [0.2, 0.25) is 0 Å². The highest BCUT2D eigenvalue weighted by atomic mass is 32.2. The summed E-state index contributed by atoms with van der Waals surface area (Å²) in [5.74, 6) is -0.826. The molecule has 1 aromatic heterocycles. The van der Waals surface area contributed by atoms with Crippen LogP contribution < -0.4 is 10.0 Å². The quantitative estimate of drug-likeness (QED) is 0.787. The summed E-state index contributed by atoms with van der Waals surface area (Å²) in [4.78, 5) is 33.8. The van der Waals surface area contributed by atoms with Crippen LogP contribution in [0.3, 0.4) is 0 Å². The summed E-state index contributed by atoms with van der Waals surface area (Å²) in [7, 11) is -3.39. The van der Waals surface area contributed by atoms with E-state index in [2.05, 4.69) is 20.0 Å². The van der Waals surface area contributed by atoms with Crippen molar-refractivity contribution in [2.45, 2.75) is 0 Å². The normalized spacial score (nSPS) is 14.4. The standard InChI is InChI=1S/C16H17N5O4S/c1-26(24,25)20-13-4-2-3-12(7-13)19-15(22)11-9-21(10-11)16(23)14-8-17-5-6-18-14/h2-8,11,20H,9-10H2,1H3,(H,19,22). The highest BCUT2D eigenvalue weighted by Gasteiger charge is 2.36. The van der Waals surface area contributed by atoms with Crippen LogP contribution >= 0.6 is 0 Å². The Hall–Kier alpha value is -3.01. The Morgan fingerprint density at radius 3 is 2.58 bits per heavy atom. The number of anilines is 2. The van der Waals surface area contributed by atoms with Gasteiger partial charge < -0.3 is 10.2 Å². The van der Waals surface area contributed by atoms with Gasteiger partial charge in [-0.25, -0.2) is 13.4 Å². The summed E-state index contributed by atoms with van der Waals surface area (Å²) < 4.78 is 24.9. The largest absolute Gasteiger partial charge is 0.336 e. The lowest BCUT2D eigenvalue weighted by molar-refractivity contribution is -0.123. The fraction of sp³-hybridized carbons (Fsp3) is 0.250. The van der Waals surface area contributed by atoms with Crippen LogP contribution in [-0.4, -0.2) is 54.4 Å². The molecule has 3 rings (SSSR count). The Morgan fingerprint density at radius 1 is 1.19 bits per heavy atom. The highest BCUT2D eigenvalue weighted by molar-refractivity contribution is 7.92. The van der Waals surface area contributed by atoms with E-state index >= 15 is 0 Å². The molecule has 10 heteroatoms. The first kappa shape index (κ1) is 17.8. The van der Waals surface area contributed by atoms with E-state index in [9.17, 15) is 18.0 Å². The van der Waals surface area contributed by atoms with Crippen molar-refractivity contribution < 1.29 is 18.0 Å². The summed E-state index contributed by atoms with van der Waals surface area (Å²) in [5.41, 5.74) is 1.08. The predicted octanol–water partition coefficient (Wildman–Crippen LogP) is 0.559. The van der Waals surface area contributed by atoms with Crippen molar-refractivity contribution in [2.24, 2.45) is 5.92 Å². The fourth-order valence-corrected chi connectivity index (χ4v) is 3.06. The van der Waals surface area contributed by atoms with Gasteiger partial charge in [-0.1, -0.05) is 6.07 Å². The number of nitrogens with one attached hydrogen (secondary N) is 2. The Labute approximate surface area is 150 Å². The molecule has 2 N–H and O–H groups in total. The molecule has 9 nitrogen and oxygen atoms in total. The third kappa shape index (κ3) is 4.33. The fourth-order valence-electron chi connectivity index (χ4n) is 2.50. The average molecular weight is 375 g/mol. The molecule has 2 amide bonds. The lowest BCUT2D eigenvalue weighted by Gasteiger charge is -2.37. The van der Waals surface area contributed by atoms with Crippen molar-refractivity contribution in [3.05, 3.63) is 48.5 Å². The number of hydrogen-bond donors (Lipinski definition) is 2. The van der Waals surface area contributed by atoms with Gasteiger partial charge in [0.2, 0.25) is 15.9 Å². The average Bonchev–Trinajstić information content (AvgIpc) is 2.53. The van der Waals surface area contributed by atoms with E-state index in [1.807, 2.05) is 0 Å². The Balaban J connectivity index is 1.56. The van der Waals surface area contributed by atoms with Crippen LogP contribution in [0.1, 0.15) is 10.5 Å². The van der Waals surface area contributed by atoms with Gasteiger partial charge in [0.15, 0.2) is 0 Å². The molecule has 0 aliphatic carbocycles. The number of carbonyl (C=O) groups is 2. The first-order valence-electron chi connectivity index (χ1n) is 7.76. The van der Waals surface area contributed by atoms with E-state index in [0.717, 1.165) is 6.26 Å². The minimum Gasteiger partial charge on any atom is -0.336 e. The number of likely N-dealkylation sites (tertiary alicyclic amines) is 1. The summed E-state index contributed by atoms with van der Waals surface area (Å²) in [6, 6.07) is 6.40. The van der Waals surface area contributed by atoms with Crippen molar-refractivity contribution in [1.82, 2.24) is 14.9 Å². The molecule has 1 aromatic carbocycles. The molecule has 2 heterocycles. The van der Waals surface area contributed by atoms with Crippen molar-refractivity contribution >= 4 is 33.2 Å². The van der Waals surface area contributed by atoms with E-state index in [1.54, 1.807) is 18.2 Å². The Kier molecular flexibility index (Phi) is 4.85. The molecule has 0 spiro atoms. The van der Waals surface area contributed by atoms with E-state index in [4.69, 9.17) is 0 Å². The van der Waals surface area contributed by atoms with Gasteiger partial charge in [-0.15, -0.1) is 0 Å². The summed E-state index contributed by atoms with van der Waals surface area (Å²) in [6.45, 7) is 0.588. The summed E-state index contributed by atoms with van der Waals surface area (Å²) in [6.07, 6.45) is 5.36. The lowest BCUT2D eigenvalue weighted by Crippen LogP contribution is -2.54. The first-order valence-corrected chi connectivity index (χ1v) is 9.65. The van der Waals surface area contributed by atoms with E-state index in [0.29, 0.717) is 24.5 Å².